The minimum atomic E-state index is -0.131. The fraction of sp³-hybridized carbons (Fsp3) is 0.294. The van der Waals surface area contributed by atoms with Crippen molar-refractivity contribution in [3.63, 3.8) is 0 Å². The van der Waals surface area contributed by atoms with Gasteiger partial charge in [-0.05, 0) is 36.8 Å². The SMILES string of the molecule is COc1ccc(C(C)N(C)C(=O)c2cccnc2OC)cc1. The largest absolute Gasteiger partial charge is 0.497 e. The molecule has 22 heavy (non-hydrogen) atoms. The molecule has 0 radical (unpaired) electrons. The van der Waals surface area contributed by atoms with Crippen LogP contribution in [-0.2, 0) is 0 Å². The summed E-state index contributed by atoms with van der Waals surface area (Å²) in [5.41, 5.74) is 1.48. The van der Waals surface area contributed by atoms with Crippen molar-refractivity contribution in [2.24, 2.45) is 0 Å². The molecule has 1 heterocycles. The molecule has 5 heteroatoms. The molecule has 1 atom stereocenters. The van der Waals surface area contributed by atoms with Crippen LogP contribution >= 0.6 is 0 Å². The average Bonchev–Trinajstić information content (AvgIpc) is 2.59. The van der Waals surface area contributed by atoms with Crippen molar-refractivity contribution in [2.45, 2.75) is 13.0 Å². The highest BCUT2D eigenvalue weighted by atomic mass is 16.5. The van der Waals surface area contributed by atoms with Crippen molar-refractivity contribution in [3.05, 3.63) is 53.7 Å². The first-order chi connectivity index (χ1) is 10.6. The molecule has 0 aliphatic rings. The maximum atomic E-state index is 12.6. The van der Waals surface area contributed by atoms with E-state index < -0.39 is 0 Å². The average molecular weight is 300 g/mol. The Labute approximate surface area is 130 Å². The number of pyridine rings is 1. The zero-order valence-corrected chi connectivity index (χ0v) is 13.2. The topological polar surface area (TPSA) is 51.7 Å². The minimum Gasteiger partial charge on any atom is -0.497 e. The number of amides is 1. The Hall–Kier alpha value is -2.56. The Morgan fingerprint density at radius 2 is 1.82 bits per heavy atom. The van der Waals surface area contributed by atoms with E-state index in [9.17, 15) is 4.79 Å². The van der Waals surface area contributed by atoms with E-state index in [1.807, 2.05) is 31.2 Å². The van der Waals surface area contributed by atoms with Crippen LogP contribution in [0.5, 0.6) is 11.6 Å². The monoisotopic (exact) mass is 300 g/mol. The lowest BCUT2D eigenvalue weighted by atomic mass is 10.1. The Bertz CT molecular complexity index is 641. The molecule has 0 saturated carbocycles. The van der Waals surface area contributed by atoms with Crippen LogP contribution in [0.2, 0.25) is 0 Å². The molecule has 0 N–H and O–H groups in total. The van der Waals surface area contributed by atoms with Crippen LogP contribution in [0, 0.1) is 0 Å². The number of hydrogen-bond acceptors (Lipinski definition) is 4. The van der Waals surface area contributed by atoms with E-state index in [0.29, 0.717) is 11.4 Å². The van der Waals surface area contributed by atoms with Crippen molar-refractivity contribution in [3.8, 4) is 11.6 Å². The third kappa shape index (κ3) is 3.19. The van der Waals surface area contributed by atoms with Gasteiger partial charge in [0.25, 0.3) is 5.91 Å². The number of ether oxygens (including phenoxy) is 2. The fourth-order valence-electron chi connectivity index (χ4n) is 2.19. The molecule has 1 amide bonds. The molecule has 0 fully saturated rings. The second-order valence-corrected chi connectivity index (χ2v) is 4.93. The number of nitrogens with zero attached hydrogens (tertiary/aromatic N) is 2. The summed E-state index contributed by atoms with van der Waals surface area (Å²) >= 11 is 0. The molecule has 1 aromatic heterocycles. The van der Waals surface area contributed by atoms with Gasteiger partial charge in [0.2, 0.25) is 5.88 Å². The molecular formula is C17H20N2O3. The van der Waals surface area contributed by atoms with Gasteiger partial charge >= 0.3 is 0 Å². The number of carbonyl (C=O) groups excluding carboxylic acids is 1. The Balaban J connectivity index is 2.21. The zero-order chi connectivity index (χ0) is 16.1. The first-order valence-electron chi connectivity index (χ1n) is 6.98. The van der Waals surface area contributed by atoms with E-state index in [0.717, 1.165) is 11.3 Å². The molecule has 5 nitrogen and oxygen atoms in total. The zero-order valence-electron chi connectivity index (χ0n) is 13.2. The summed E-state index contributed by atoms with van der Waals surface area (Å²) in [5, 5.41) is 0. The van der Waals surface area contributed by atoms with Gasteiger partial charge in [0.15, 0.2) is 0 Å². The van der Waals surface area contributed by atoms with E-state index in [4.69, 9.17) is 9.47 Å². The number of aromatic nitrogens is 1. The van der Waals surface area contributed by atoms with Gasteiger partial charge in [-0.3, -0.25) is 4.79 Å². The lowest BCUT2D eigenvalue weighted by Gasteiger charge is -2.26. The van der Waals surface area contributed by atoms with Crippen molar-refractivity contribution < 1.29 is 14.3 Å². The summed E-state index contributed by atoms with van der Waals surface area (Å²) in [5.74, 6) is 0.994. The Morgan fingerprint density at radius 1 is 1.14 bits per heavy atom. The van der Waals surface area contributed by atoms with Crippen molar-refractivity contribution in [2.75, 3.05) is 21.3 Å². The quantitative estimate of drug-likeness (QED) is 0.852. The number of rotatable bonds is 5. The molecule has 2 rings (SSSR count). The number of carbonyl (C=O) groups is 1. The van der Waals surface area contributed by atoms with Gasteiger partial charge in [0.05, 0.1) is 20.3 Å². The van der Waals surface area contributed by atoms with Crippen LogP contribution in [0.15, 0.2) is 42.6 Å². The van der Waals surface area contributed by atoms with Gasteiger partial charge in [-0.2, -0.15) is 0 Å². The van der Waals surface area contributed by atoms with Crippen LogP contribution in [0.3, 0.4) is 0 Å². The molecule has 1 aromatic carbocycles. The van der Waals surface area contributed by atoms with Gasteiger partial charge in [-0.25, -0.2) is 4.98 Å². The van der Waals surface area contributed by atoms with Crippen molar-refractivity contribution in [1.82, 2.24) is 9.88 Å². The maximum Gasteiger partial charge on any atom is 0.259 e. The Morgan fingerprint density at radius 3 is 2.41 bits per heavy atom. The van der Waals surface area contributed by atoms with Gasteiger partial charge in [0, 0.05) is 13.2 Å². The van der Waals surface area contributed by atoms with E-state index in [1.54, 1.807) is 37.4 Å². The third-order valence-electron chi connectivity index (χ3n) is 3.69. The molecule has 116 valence electrons. The van der Waals surface area contributed by atoms with E-state index in [1.165, 1.54) is 7.11 Å². The lowest BCUT2D eigenvalue weighted by molar-refractivity contribution is 0.0738. The number of benzene rings is 1. The molecule has 0 spiro atoms. The molecule has 1 unspecified atom stereocenters. The second kappa shape index (κ2) is 6.93. The van der Waals surface area contributed by atoms with Gasteiger partial charge < -0.3 is 14.4 Å². The van der Waals surface area contributed by atoms with E-state index in [2.05, 4.69) is 4.98 Å². The van der Waals surface area contributed by atoms with E-state index >= 15 is 0 Å². The van der Waals surface area contributed by atoms with Crippen LogP contribution < -0.4 is 9.47 Å². The Kier molecular flexibility index (Phi) is 4.99. The summed E-state index contributed by atoms with van der Waals surface area (Å²) in [7, 11) is 4.90. The molecule has 2 aromatic rings. The molecule has 0 saturated heterocycles. The van der Waals surface area contributed by atoms with E-state index in [-0.39, 0.29) is 11.9 Å². The first kappa shape index (κ1) is 15.8. The predicted molar refractivity (Wildman–Crippen MR) is 84.3 cm³/mol. The third-order valence-corrected chi connectivity index (χ3v) is 3.69. The highest BCUT2D eigenvalue weighted by Crippen LogP contribution is 2.25. The van der Waals surface area contributed by atoms with Crippen molar-refractivity contribution >= 4 is 5.91 Å². The van der Waals surface area contributed by atoms with Gasteiger partial charge in [-0.1, -0.05) is 12.1 Å². The molecular weight excluding hydrogens is 280 g/mol. The fourth-order valence-corrected chi connectivity index (χ4v) is 2.19. The maximum absolute atomic E-state index is 12.6. The van der Waals surface area contributed by atoms with Crippen molar-refractivity contribution in [1.29, 1.82) is 0 Å². The summed E-state index contributed by atoms with van der Waals surface area (Å²) in [4.78, 5) is 18.4. The van der Waals surface area contributed by atoms with Crippen LogP contribution in [0.25, 0.3) is 0 Å². The summed E-state index contributed by atoms with van der Waals surface area (Å²) < 4.78 is 10.3. The summed E-state index contributed by atoms with van der Waals surface area (Å²) in [6.45, 7) is 1.97. The van der Waals surface area contributed by atoms with Gasteiger partial charge in [-0.15, -0.1) is 0 Å². The summed E-state index contributed by atoms with van der Waals surface area (Å²) in [6, 6.07) is 11.0. The van der Waals surface area contributed by atoms with Gasteiger partial charge in [0.1, 0.15) is 11.3 Å². The molecule has 0 bridgehead atoms. The van der Waals surface area contributed by atoms with Crippen LogP contribution in [-0.4, -0.2) is 37.1 Å². The second-order valence-electron chi connectivity index (χ2n) is 4.93. The highest BCUT2D eigenvalue weighted by Gasteiger charge is 2.22. The minimum absolute atomic E-state index is 0.0803. The van der Waals surface area contributed by atoms with Crippen LogP contribution in [0.1, 0.15) is 28.9 Å². The van der Waals surface area contributed by atoms with Crippen LogP contribution in [0.4, 0.5) is 0 Å². The highest BCUT2D eigenvalue weighted by molar-refractivity contribution is 5.96. The smallest absolute Gasteiger partial charge is 0.259 e. The summed E-state index contributed by atoms with van der Waals surface area (Å²) in [6.07, 6.45) is 1.60. The lowest BCUT2D eigenvalue weighted by Crippen LogP contribution is -2.30. The molecule has 0 aliphatic heterocycles. The number of hydrogen-bond donors (Lipinski definition) is 0. The standard InChI is InChI=1S/C17H20N2O3/c1-12(13-7-9-14(21-3)10-8-13)19(2)17(20)15-6-5-11-18-16(15)22-4/h5-12H,1-4H3. The molecule has 0 aliphatic carbocycles. The first-order valence-corrected chi connectivity index (χ1v) is 6.98. The predicted octanol–water partition coefficient (Wildman–Crippen LogP) is 2.93. The normalized spacial score (nSPS) is 11.6. The number of methoxy groups -OCH3 is 2.